The van der Waals surface area contributed by atoms with Crippen molar-refractivity contribution in [3.63, 3.8) is 0 Å². The van der Waals surface area contributed by atoms with Crippen LogP contribution in [0.15, 0.2) is 55.0 Å². The number of aromatic nitrogens is 2. The van der Waals surface area contributed by atoms with Crippen molar-refractivity contribution in [2.45, 2.75) is 19.1 Å². The zero-order chi connectivity index (χ0) is 19.9. The maximum atomic E-state index is 12.8. The second-order valence-corrected chi connectivity index (χ2v) is 6.93. The van der Waals surface area contributed by atoms with Crippen LogP contribution in [0, 0.1) is 0 Å². The fourth-order valence-corrected chi connectivity index (χ4v) is 3.49. The van der Waals surface area contributed by atoms with E-state index < -0.39 is 11.7 Å². The molecule has 2 heterocycles. The average molecular weight is 385 g/mol. The van der Waals surface area contributed by atoms with Gasteiger partial charge in [0.25, 0.3) is 5.91 Å². The van der Waals surface area contributed by atoms with Crippen LogP contribution in [0.4, 0.5) is 13.2 Å². The zero-order valence-electron chi connectivity index (χ0n) is 15.2. The number of hydrogen-bond donors (Lipinski definition) is 0. The Morgan fingerprint density at radius 2 is 1.75 bits per heavy atom. The van der Waals surface area contributed by atoms with Gasteiger partial charge in [-0.25, -0.2) is 4.98 Å². The van der Waals surface area contributed by atoms with E-state index in [4.69, 9.17) is 0 Å². The van der Waals surface area contributed by atoms with Crippen LogP contribution < -0.4 is 0 Å². The van der Waals surface area contributed by atoms with E-state index in [0.717, 1.165) is 35.2 Å². The highest BCUT2D eigenvalue weighted by Crippen LogP contribution is 2.32. The normalized spacial score (nSPS) is 14.1. The molecule has 1 aliphatic heterocycles. The largest absolute Gasteiger partial charge is 0.416 e. The molecule has 0 bridgehead atoms. The molecule has 4 rings (SSSR count). The van der Waals surface area contributed by atoms with Gasteiger partial charge in [-0.15, -0.1) is 0 Å². The second-order valence-electron chi connectivity index (χ2n) is 6.93. The number of benzene rings is 2. The summed E-state index contributed by atoms with van der Waals surface area (Å²) in [7, 11) is 1.78. The number of halogens is 3. The van der Waals surface area contributed by atoms with E-state index in [1.165, 1.54) is 12.1 Å². The number of fused-ring (bicyclic) bond motifs is 1. The number of hydrogen-bond acceptors (Lipinski definition) is 2. The monoisotopic (exact) mass is 385 g/mol. The van der Waals surface area contributed by atoms with Crippen molar-refractivity contribution in [1.29, 1.82) is 0 Å². The third kappa shape index (κ3) is 3.40. The van der Waals surface area contributed by atoms with Crippen LogP contribution in [0.25, 0.3) is 11.1 Å². The van der Waals surface area contributed by atoms with Crippen LogP contribution in [-0.2, 0) is 26.2 Å². The highest BCUT2D eigenvalue weighted by molar-refractivity contribution is 5.92. The van der Waals surface area contributed by atoms with Gasteiger partial charge in [-0.05, 0) is 46.9 Å². The van der Waals surface area contributed by atoms with Crippen molar-refractivity contribution in [2.24, 2.45) is 7.05 Å². The number of nitrogens with zero attached hydrogens (tertiary/aromatic N) is 3. The molecule has 0 atom stereocenters. The molecule has 3 aromatic rings. The summed E-state index contributed by atoms with van der Waals surface area (Å²) < 4.78 is 40.0. The first kappa shape index (κ1) is 18.3. The third-order valence-electron chi connectivity index (χ3n) is 5.09. The molecule has 0 spiro atoms. The summed E-state index contributed by atoms with van der Waals surface area (Å²) in [5.41, 5.74) is 3.58. The molecule has 0 unspecified atom stereocenters. The second kappa shape index (κ2) is 6.82. The van der Waals surface area contributed by atoms with E-state index in [0.29, 0.717) is 24.3 Å². The van der Waals surface area contributed by atoms with E-state index >= 15 is 0 Å². The highest BCUT2D eigenvalue weighted by atomic mass is 19.4. The lowest BCUT2D eigenvalue weighted by atomic mass is 9.94. The summed E-state index contributed by atoms with van der Waals surface area (Å²) in [5, 5.41) is 0. The molecule has 0 fully saturated rings. The molecule has 1 aromatic heterocycles. The third-order valence-corrected chi connectivity index (χ3v) is 5.09. The van der Waals surface area contributed by atoms with Crippen molar-refractivity contribution in [2.75, 3.05) is 6.54 Å². The van der Waals surface area contributed by atoms with Crippen molar-refractivity contribution in [3.8, 4) is 11.1 Å². The molecule has 0 N–H and O–H groups in total. The maximum Gasteiger partial charge on any atom is 0.416 e. The first-order valence-electron chi connectivity index (χ1n) is 8.88. The number of amides is 1. The Balaban J connectivity index is 1.59. The fourth-order valence-electron chi connectivity index (χ4n) is 3.49. The topological polar surface area (TPSA) is 38.1 Å². The molecule has 1 aliphatic rings. The summed E-state index contributed by atoms with van der Waals surface area (Å²) >= 11 is 0. The average Bonchev–Trinajstić information content (AvgIpc) is 3.12. The van der Waals surface area contributed by atoms with E-state index in [1.54, 1.807) is 29.0 Å². The van der Waals surface area contributed by atoms with Crippen LogP contribution in [-0.4, -0.2) is 26.9 Å². The quantitative estimate of drug-likeness (QED) is 0.660. The van der Waals surface area contributed by atoms with Gasteiger partial charge in [0.1, 0.15) is 5.69 Å². The fraction of sp³-hybridized carbons (Fsp3) is 0.238. The maximum absolute atomic E-state index is 12.8. The zero-order valence-corrected chi connectivity index (χ0v) is 15.2. The first-order valence-corrected chi connectivity index (χ1v) is 8.88. The van der Waals surface area contributed by atoms with Crippen LogP contribution in [0.1, 0.15) is 27.2 Å². The van der Waals surface area contributed by atoms with Crippen LogP contribution in [0.2, 0.25) is 0 Å². The Morgan fingerprint density at radius 1 is 1.04 bits per heavy atom. The smallest absolute Gasteiger partial charge is 0.333 e. The summed E-state index contributed by atoms with van der Waals surface area (Å²) in [4.78, 5) is 18.5. The predicted molar refractivity (Wildman–Crippen MR) is 98.5 cm³/mol. The number of carbonyl (C=O) groups is 1. The minimum absolute atomic E-state index is 0.0782. The van der Waals surface area contributed by atoms with Crippen LogP contribution >= 0.6 is 0 Å². The minimum Gasteiger partial charge on any atom is -0.333 e. The standard InChI is InChI=1S/C21H18F3N3O/c1-26-13-25-11-19(26)20(28)27-9-8-15-2-3-16(10-17(15)12-27)14-4-6-18(7-5-14)21(22,23)24/h2-7,10-11,13H,8-9,12H2,1H3. The Hall–Kier alpha value is -3.09. The number of imidazole rings is 1. The molecule has 7 heteroatoms. The summed E-state index contributed by atoms with van der Waals surface area (Å²) in [6.45, 7) is 1.09. The van der Waals surface area contributed by atoms with Crippen molar-refractivity contribution in [3.05, 3.63) is 77.4 Å². The molecule has 0 saturated carbocycles. The Bertz CT molecular complexity index is 1020. The summed E-state index contributed by atoms with van der Waals surface area (Å²) in [6, 6.07) is 11.0. The molecule has 0 saturated heterocycles. The number of aryl methyl sites for hydroxylation is 1. The van der Waals surface area contributed by atoms with Gasteiger partial charge in [0, 0.05) is 20.1 Å². The van der Waals surface area contributed by atoms with E-state index in [9.17, 15) is 18.0 Å². The van der Waals surface area contributed by atoms with Gasteiger partial charge in [-0.2, -0.15) is 13.2 Å². The van der Waals surface area contributed by atoms with Gasteiger partial charge in [0.15, 0.2) is 0 Å². The lowest BCUT2D eigenvalue weighted by Gasteiger charge is -2.29. The number of rotatable bonds is 2. The van der Waals surface area contributed by atoms with Gasteiger partial charge in [0.2, 0.25) is 0 Å². The minimum atomic E-state index is -4.35. The molecule has 4 nitrogen and oxygen atoms in total. The lowest BCUT2D eigenvalue weighted by Crippen LogP contribution is -2.36. The Kier molecular flexibility index (Phi) is 4.45. The summed E-state index contributed by atoms with van der Waals surface area (Å²) in [5.74, 6) is -0.0782. The molecule has 28 heavy (non-hydrogen) atoms. The van der Waals surface area contributed by atoms with E-state index in [-0.39, 0.29) is 5.91 Å². The van der Waals surface area contributed by atoms with Gasteiger partial charge >= 0.3 is 6.18 Å². The molecular formula is C21H18F3N3O. The van der Waals surface area contributed by atoms with E-state index in [1.807, 2.05) is 18.2 Å². The van der Waals surface area contributed by atoms with Crippen LogP contribution in [0.3, 0.4) is 0 Å². The Labute approximate surface area is 160 Å². The van der Waals surface area contributed by atoms with Crippen molar-refractivity contribution in [1.82, 2.24) is 14.5 Å². The molecule has 2 aromatic carbocycles. The Morgan fingerprint density at radius 3 is 2.39 bits per heavy atom. The molecule has 0 aliphatic carbocycles. The number of carbonyl (C=O) groups excluding carboxylic acids is 1. The highest BCUT2D eigenvalue weighted by Gasteiger charge is 2.30. The SMILES string of the molecule is Cn1cncc1C(=O)N1CCc2ccc(-c3ccc(C(F)(F)F)cc3)cc2C1. The molecule has 144 valence electrons. The molecule has 0 radical (unpaired) electrons. The predicted octanol–water partition coefficient (Wildman–Crippen LogP) is 4.30. The van der Waals surface area contributed by atoms with Crippen molar-refractivity contribution < 1.29 is 18.0 Å². The molecule has 1 amide bonds. The van der Waals surface area contributed by atoms with Gasteiger partial charge in [0.05, 0.1) is 18.1 Å². The first-order chi connectivity index (χ1) is 13.3. The lowest BCUT2D eigenvalue weighted by molar-refractivity contribution is -0.137. The van der Waals surface area contributed by atoms with Crippen molar-refractivity contribution >= 4 is 5.91 Å². The van der Waals surface area contributed by atoms with Crippen LogP contribution in [0.5, 0.6) is 0 Å². The summed E-state index contributed by atoms with van der Waals surface area (Å²) in [6.07, 6.45) is -0.461. The molecular weight excluding hydrogens is 367 g/mol. The van der Waals surface area contributed by atoms with E-state index in [2.05, 4.69) is 4.98 Å². The number of alkyl halides is 3. The van der Waals surface area contributed by atoms with Gasteiger partial charge < -0.3 is 9.47 Å². The van der Waals surface area contributed by atoms with Gasteiger partial charge in [-0.3, -0.25) is 4.79 Å². The van der Waals surface area contributed by atoms with Gasteiger partial charge in [-0.1, -0.05) is 24.3 Å².